The zero-order chi connectivity index (χ0) is 25.7. The van der Waals surface area contributed by atoms with Crippen molar-refractivity contribution < 1.29 is 14.3 Å². The first-order valence-corrected chi connectivity index (χ1v) is 12.7. The number of hydrogen-bond acceptors (Lipinski definition) is 4. The zero-order valence-electron chi connectivity index (χ0n) is 20.9. The molecule has 186 valence electrons. The third-order valence-corrected chi connectivity index (χ3v) is 6.52. The molecule has 6 heteroatoms. The molecule has 0 aliphatic heterocycles. The van der Waals surface area contributed by atoms with E-state index in [0.717, 1.165) is 47.8 Å². The summed E-state index contributed by atoms with van der Waals surface area (Å²) in [5.74, 6) is -0.191. The number of fused-ring (bicyclic) bond motifs is 1. The average Bonchev–Trinajstić information content (AvgIpc) is 2.85. The molecule has 0 saturated carbocycles. The van der Waals surface area contributed by atoms with E-state index < -0.39 is 0 Å². The Morgan fingerprint density at radius 1 is 1.03 bits per heavy atom. The van der Waals surface area contributed by atoms with Crippen molar-refractivity contribution in [3.05, 3.63) is 93.5 Å². The van der Waals surface area contributed by atoms with E-state index in [-0.39, 0.29) is 22.8 Å². The van der Waals surface area contributed by atoms with Gasteiger partial charge in [0.15, 0.2) is 0 Å². The van der Waals surface area contributed by atoms with Gasteiger partial charge in [-0.05, 0) is 68.1 Å². The van der Waals surface area contributed by atoms with Crippen molar-refractivity contribution in [2.24, 2.45) is 4.99 Å². The third kappa shape index (κ3) is 5.97. The van der Waals surface area contributed by atoms with E-state index in [0.29, 0.717) is 22.0 Å². The molecular weight excluding hydrogens is 472 g/mol. The second-order valence-electron chi connectivity index (χ2n) is 9.13. The summed E-state index contributed by atoms with van der Waals surface area (Å²) in [5, 5.41) is 14.7. The van der Waals surface area contributed by atoms with Crippen molar-refractivity contribution in [3.8, 4) is 5.75 Å². The second kappa shape index (κ2) is 11.4. The minimum absolute atomic E-state index is 0.161. The standard InChI is InChI=1S/C30H31ClN2O3/c1-4-5-6-7-10-21-16-22-17-23(29(35)32-26-12-9-8-11-24(26)31)30(36-28(22)18-27(21)34)33-25-14-13-19(2)15-20(25)3/h8-9,11-18,34H,4-7,10H2,1-3H3,(H,32,35). The van der Waals surface area contributed by atoms with Crippen molar-refractivity contribution in [3.63, 3.8) is 0 Å². The molecule has 0 saturated heterocycles. The Morgan fingerprint density at radius 3 is 2.58 bits per heavy atom. The fraction of sp³-hybridized carbons (Fsp3) is 0.267. The highest BCUT2D eigenvalue weighted by molar-refractivity contribution is 6.33. The van der Waals surface area contributed by atoms with Crippen LogP contribution >= 0.6 is 11.6 Å². The van der Waals surface area contributed by atoms with Gasteiger partial charge in [-0.1, -0.05) is 67.6 Å². The molecule has 0 spiro atoms. The monoisotopic (exact) mass is 502 g/mol. The number of carbonyl (C=O) groups is 1. The summed E-state index contributed by atoms with van der Waals surface area (Å²) in [6, 6.07) is 18.2. The van der Waals surface area contributed by atoms with Gasteiger partial charge in [0.1, 0.15) is 16.9 Å². The van der Waals surface area contributed by atoms with Gasteiger partial charge in [-0.3, -0.25) is 4.79 Å². The van der Waals surface area contributed by atoms with Crippen molar-refractivity contribution in [2.75, 3.05) is 5.32 Å². The number of anilines is 1. The van der Waals surface area contributed by atoms with E-state index in [9.17, 15) is 9.90 Å². The van der Waals surface area contributed by atoms with Crippen LogP contribution in [0.15, 0.2) is 70.1 Å². The fourth-order valence-electron chi connectivity index (χ4n) is 4.19. The minimum atomic E-state index is -0.380. The summed E-state index contributed by atoms with van der Waals surface area (Å²) in [6.07, 6.45) is 5.18. The van der Waals surface area contributed by atoms with E-state index >= 15 is 0 Å². The Bertz CT molecular complexity index is 1470. The summed E-state index contributed by atoms with van der Waals surface area (Å²) in [5.41, 5.74) is 5.03. The number of para-hydroxylation sites is 1. The number of carbonyl (C=O) groups excluding carboxylic acids is 1. The van der Waals surface area contributed by atoms with Crippen LogP contribution in [0.5, 0.6) is 5.75 Å². The van der Waals surface area contributed by atoms with Gasteiger partial charge in [0.25, 0.3) is 5.91 Å². The number of benzene rings is 3. The number of unbranched alkanes of at least 4 members (excludes halogenated alkanes) is 3. The maximum Gasteiger partial charge on any atom is 0.261 e. The Hall–Kier alpha value is -3.57. The molecule has 5 nitrogen and oxygen atoms in total. The molecule has 0 bridgehead atoms. The van der Waals surface area contributed by atoms with E-state index in [4.69, 9.17) is 21.0 Å². The van der Waals surface area contributed by atoms with Crippen molar-refractivity contribution in [2.45, 2.75) is 52.9 Å². The molecule has 4 rings (SSSR count). The average molecular weight is 503 g/mol. The highest BCUT2D eigenvalue weighted by Crippen LogP contribution is 2.28. The first kappa shape index (κ1) is 25.5. The van der Waals surface area contributed by atoms with Gasteiger partial charge < -0.3 is 14.8 Å². The third-order valence-electron chi connectivity index (χ3n) is 6.19. The lowest BCUT2D eigenvalue weighted by molar-refractivity contribution is 0.102. The van der Waals surface area contributed by atoms with Gasteiger partial charge >= 0.3 is 0 Å². The van der Waals surface area contributed by atoms with Gasteiger partial charge in [-0.15, -0.1) is 0 Å². The minimum Gasteiger partial charge on any atom is -0.508 e. The maximum atomic E-state index is 13.4. The molecule has 0 fully saturated rings. The van der Waals surface area contributed by atoms with Crippen LogP contribution in [-0.4, -0.2) is 11.0 Å². The summed E-state index contributed by atoms with van der Waals surface area (Å²) in [4.78, 5) is 18.1. The van der Waals surface area contributed by atoms with Crippen LogP contribution in [0.1, 0.15) is 59.7 Å². The van der Waals surface area contributed by atoms with Gasteiger partial charge in [-0.2, -0.15) is 0 Å². The molecule has 36 heavy (non-hydrogen) atoms. The molecule has 0 atom stereocenters. The molecule has 2 N–H and O–H groups in total. The summed E-state index contributed by atoms with van der Waals surface area (Å²) >= 11 is 6.28. The number of phenols is 1. The summed E-state index contributed by atoms with van der Waals surface area (Å²) in [7, 11) is 0. The SMILES string of the molecule is CCCCCCc1cc2cc(C(=O)Nc3ccccc3Cl)c(=Nc3ccc(C)cc3C)oc2cc1O. The Labute approximate surface area is 216 Å². The quantitative estimate of drug-likeness (QED) is 0.239. The van der Waals surface area contributed by atoms with Crippen LogP contribution < -0.4 is 10.9 Å². The number of aryl methyl sites for hydroxylation is 3. The van der Waals surface area contributed by atoms with Crippen molar-refractivity contribution >= 4 is 39.9 Å². The van der Waals surface area contributed by atoms with Gasteiger partial charge in [0, 0.05) is 11.5 Å². The molecular formula is C30H31ClN2O3. The van der Waals surface area contributed by atoms with Gasteiger partial charge in [-0.25, -0.2) is 4.99 Å². The fourth-order valence-corrected chi connectivity index (χ4v) is 4.37. The predicted octanol–water partition coefficient (Wildman–Crippen LogP) is 8.02. The number of nitrogens with zero attached hydrogens (tertiary/aromatic N) is 1. The molecule has 1 amide bonds. The molecule has 0 aliphatic carbocycles. The summed E-state index contributed by atoms with van der Waals surface area (Å²) in [6.45, 7) is 6.15. The Balaban J connectivity index is 1.82. The van der Waals surface area contributed by atoms with E-state index in [1.54, 1.807) is 36.4 Å². The van der Waals surface area contributed by atoms with E-state index in [1.165, 1.54) is 6.42 Å². The maximum absolute atomic E-state index is 13.4. The van der Waals surface area contributed by atoms with E-state index in [1.807, 2.05) is 38.1 Å². The molecule has 0 radical (unpaired) electrons. The Morgan fingerprint density at radius 2 is 1.83 bits per heavy atom. The van der Waals surface area contributed by atoms with Crippen LogP contribution in [0, 0.1) is 13.8 Å². The largest absolute Gasteiger partial charge is 0.508 e. The van der Waals surface area contributed by atoms with Crippen LogP contribution in [0.25, 0.3) is 11.0 Å². The molecule has 4 aromatic rings. The highest BCUT2D eigenvalue weighted by Gasteiger charge is 2.16. The predicted molar refractivity (Wildman–Crippen MR) is 146 cm³/mol. The first-order valence-electron chi connectivity index (χ1n) is 12.3. The number of rotatable bonds is 8. The molecule has 0 unspecified atom stereocenters. The first-order chi connectivity index (χ1) is 17.4. The van der Waals surface area contributed by atoms with Crippen LogP contribution in [0.4, 0.5) is 11.4 Å². The smallest absolute Gasteiger partial charge is 0.261 e. The second-order valence-corrected chi connectivity index (χ2v) is 9.54. The molecule has 1 heterocycles. The lowest BCUT2D eigenvalue weighted by Gasteiger charge is -2.10. The number of phenolic OH excluding ortho intramolecular Hbond substituents is 1. The topological polar surface area (TPSA) is 74.8 Å². The Kier molecular flexibility index (Phi) is 8.11. The molecule has 3 aromatic carbocycles. The van der Waals surface area contributed by atoms with E-state index in [2.05, 4.69) is 12.2 Å². The number of aromatic hydroxyl groups is 1. The van der Waals surface area contributed by atoms with Crippen molar-refractivity contribution in [1.82, 2.24) is 0 Å². The lowest BCUT2D eigenvalue weighted by Crippen LogP contribution is -2.21. The van der Waals surface area contributed by atoms with Crippen LogP contribution in [0.2, 0.25) is 5.02 Å². The van der Waals surface area contributed by atoms with Crippen molar-refractivity contribution in [1.29, 1.82) is 0 Å². The number of hydrogen-bond donors (Lipinski definition) is 2. The zero-order valence-corrected chi connectivity index (χ0v) is 21.7. The number of nitrogens with one attached hydrogen (secondary N) is 1. The summed E-state index contributed by atoms with van der Waals surface area (Å²) < 4.78 is 6.13. The number of amides is 1. The molecule has 1 aromatic heterocycles. The number of halogens is 1. The highest BCUT2D eigenvalue weighted by atomic mass is 35.5. The van der Waals surface area contributed by atoms with Crippen LogP contribution in [-0.2, 0) is 6.42 Å². The van der Waals surface area contributed by atoms with Crippen LogP contribution in [0.3, 0.4) is 0 Å². The molecule has 0 aliphatic rings. The van der Waals surface area contributed by atoms with Gasteiger partial charge in [0.05, 0.1) is 16.4 Å². The normalized spacial score (nSPS) is 11.7. The van der Waals surface area contributed by atoms with Gasteiger partial charge in [0.2, 0.25) is 5.55 Å². The lowest BCUT2D eigenvalue weighted by atomic mass is 10.0.